The molecule has 0 bridgehead atoms. The second kappa shape index (κ2) is 12.6. The Kier molecular flexibility index (Phi) is 7.03. The van der Waals surface area contributed by atoms with Gasteiger partial charge in [-0.05, 0) is 52.6 Å². The first-order chi connectivity index (χ1) is 28.3. The number of para-hydroxylation sites is 4. The van der Waals surface area contributed by atoms with Crippen molar-refractivity contribution in [3.05, 3.63) is 188 Å². The molecular formula is C51H31N5S. The highest BCUT2D eigenvalue weighted by atomic mass is 32.1. The minimum atomic E-state index is 0.572. The summed E-state index contributed by atoms with van der Waals surface area (Å²) in [5, 5.41) is 7.26. The molecule has 12 aromatic rings. The zero-order valence-electron chi connectivity index (χ0n) is 30.5. The van der Waals surface area contributed by atoms with Crippen molar-refractivity contribution in [2.24, 2.45) is 0 Å². The number of thiophene rings is 1. The Morgan fingerprint density at radius 2 is 0.719 bits per heavy atom. The highest BCUT2D eigenvalue weighted by Crippen LogP contribution is 2.40. The van der Waals surface area contributed by atoms with E-state index in [9.17, 15) is 0 Å². The van der Waals surface area contributed by atoms with E-state index >= 15 is 0 Å². The van der Waals surface area contributed by atoms with E-state index in [2.05, 4.69) is 197 Å². The summed E-state index contributed by atoms with van der Waals surface area (Å²) in [6, 6.07) is 66.7. The molecule has 0 unspecified atom stereocenters. The van der Waals surface area contributed by atoms with E-state index in [-0.39, 0.29) is 0 Å². The molecule has 8 aromatic carbocycles. The smallest absolute Gasteiger partial charge is 0.240 e. The molecule has 0 saturated heterocycles. The molecule has 5 nitrogen and oxygen atoms in total. The second-order valence-corrected chi connectivity index (χ2v) is 15.5. The van der Waals surface area contributed by atoms with Crippen LogP contribution in [0.1, 0.15) is 0 Å². The van der Waals surface area contributed by atoms with Gasteiger partial charge >= 0.3 is 0 Å². The molecule has 0 N–H and O–H groups in total. The average molecular weight is 746 g/mol. The van der Waals surface area contributed by atoms with Crippen LogP contribution in [0.2, 0.25) is 0 Å². The lowest BCUT2D eigenvalue weighted by Gasteiger charge is -2.13. The topological polar surface area (TPSA) is 48.5 Å². The number of rotatable bonds is 5. The summed E-state index contributed by atoms with van der Waals surface area (Å²) in [6.45, 7) is 0. The lowest BCUT2D eigenvalue weighted by molar-refractivity contribution is 0.893. The molecular weight excluding hydrogens is 715 g/mol. The van der Waals surface area contributed by atoms with Gasteiger partial charge in [-0.1, -0.05) is 158 Å². The number of hydrogen-bond donors (Lipinski definition) is 0. The molecule has 57 heavy (non-hydrogen) atoms. The van der Waals surface area contributed by atoms with Gasteiger partial charge in [0.05, 0.1) is 22.1 Å². The highest BCUT2D eigenvalue weighted by Gasteiger charge is 2.20. The molecule has 0 spiro atoms. The molecule has 0 aliphatic carbocycles. The Morgan fingerprint density at radius 1 is 0.316 bits per heavy atom. The Balaban J connectivity index is 0.990. The highest BCUT2D eigenvalue weighted by molar-refractivity contribution is 7.26. The lowest BCUT2D eigenvalue weighted by Crippen LogP contribution is -2.10. The average Bonchev–Trinajstić information content (AvgIpc) is 3.94. The summed E-state index contributed by atoms with van der Waals surface area (Å²) in [5.41, 5.74) is 9.87. The first-order valence-corrected chi connectivity index (χ1v) is 19.9. The van der Waals surface area contributed by atoms with Crippen LogP contribution in [0.15, 0.2) is 188 Å². The summed E-state index contributed by atoms with van der Waals surface area (Å²) in [7, 11) is 0. The largest absolute Gasteiger partial charge is 0.278 e. The van der Waals surface area contributed by atoms with Gasteiger partial charge in [-0.2, -0.15) is 15.0 Å². The molecule has 266 valence electrons. The van der Waals surface area contributed by atoms with Crippen molar-refractivity contribution in [2.75, 3.05) is 0 Å². The second-order valence-electron chi connectivity index (χ2n) is 14.4. The third kappa shape index (κ3) is 4.98. The zero-order chi connectivity index (χ0) is 37.5. The fourth-order valence-corrected chi connectivity index (χ4v) is 9.83. The van der Waals surface area contributed by atoms with Gasteiger partial charge in [0, 0.05) is 47.3 Å². The van der Waals surface area contributed by atoms with E-state index in [4.69, 9.17) is 15.0 Å². The molecule has 6 heteroatoms. The van der Waals surface area contributed by atoms with Crippen molar-refractivity contribution in [3.63, 3.8) is 0 Å². The van der Waals surface area contributed by atoms with Gasteiger partial charge in [-0.3, -0.25) is 9.13 Å². The van der Waals surface area contributed by atoms with E-state index in [1.54, 1.807) is 0 Å². The molecule has 4 aromatic heterocycles. The Morgan fingerprint density at radius 3 is 1.23 bits per heavy atom. The fourth-order valence-electron chi connectivity index (χ4n) is 8.59. The van der Waals surface area contributed by atoms with E-state index in [0.29, 0.717) is 17.7 Å². The SMILES string of the molecule is c1ccc2c(c1)sc1c(-c3ccc(-c4ccc(-c5nc(-n6c7ccccc7c7ccccc76)nc(-n6c7ccccc7c7ccccc76)n5)cc4)cc3)cccc12. The molecule has 0 saturated carbocycles. The number of benzene rings is 8. The standard InChI is InChI=1S/C51H31N5S/c1-6-19-43-37(12-1)38-13-2-7-20-44(38)55(43)50-52-49(53-51(54-50)56-45-21-8-3-14-39(45)40-15-4-9-22-46(40)56)35-30-26-33(27-31-35)32-24-28-34(29-25-32)36-17-11-18-42-41-16-5-10-23-47(41)57-48(36)42/h1-31H. The lowest BCUT2D eigenvalue weighted by atomic mass is 9.98. The van der Waals surface area contributed by atoms with Crippen LogP contribution in [0, 0.1) is 0 Å². The maximum absolute atomic E-state index is 5.28. The summed E-state index contributed by atoms with van der Waals surface area (Å²) < 4.78 is 6.98. The van der Waals surface area contributed by atoms with Crippen LogP contribution >= 0.6 is 11.3 Å². The van der Waals surface area contributed by atoms with Gasteiger partial charge in [0.15, 0.2) is 5.82 Å². The Hall–Kier alpha value is -7.41. The Bertz CT molecular complexity index is 3280. The molecule has 0 fully saturated rings. The molecule has 0 aliphatic rings. The third-order valence-electron chi connectivity index (χ3n) is 11.2. The first-order valence-electron chi connectivity index (χ1n) is 19.1. The van der Waals surface area contributed by atoms with Gasteiger partial charge in [0.1, 0.15) is 0 Å². The van der Waals surface area contributed by atoms with Gasteiger partial charge < -0.3 is 0 Å². The normalized spacial score (nSPS) is 11.9. The number of aromatic nitrogens is 5. The minimum absolute atomic E-state index is 0.572. The first kappa shape index (κ1) is 31.9. The van der Waals surface area contributed by atoms with Crippen molar-refractivity contribution in [1.29, 1.82) is 0 Å². The summed E-state index contributed by atoms with van der Waals surface area (Å²) in [6.07, 6.45) is 0. The van der Waals surface area contributed by atoms with Crippen LogP contribution in [0.5, 0.6) is 0 Å². The van der Waals surface area contributed by atoms with Gasteiger partial charge in [-0.25, -0.2) is 0 Å². The van der Waals surface area contributed by atoms with Crippen LogP contribution in [0.3, 0.4) is 0 Å². The van der Waals surface area contributed by atoms with Crippen LogP contribution < -0.4 is 0 Å². The third-order valence-corrected chi connectivity index (χ3v) is 12.5. The van der Waals surface area contributed by atoms with Gasteiger partial charge in [0.2, 0.25) is 11.9 Å². The monoisotopic (exact) mass is 745 g/mol. The quantitative estimate of drug-likeness (QED) is 0.176. The van der Waals surface area contributed by atoms with Crippen LogP contribution in [0.25, 0.3) is 109 Å². The summed E-state index contributed by atoms with van der Waals surface area (Å²) >= 11 is 1.87. The van der Waals surface area contributed by atoms with E-state index < -0.39 is 0 Å². The number of hydrogen-bond acceptors (Lipinski definition) is 4. The maximum atomic E-state index is 5.28. The minimum Gasteiger partial charge on any atom is -0.278 e. The van der Waals surface area contributed by atoms with Gasteiger partial charge in [-0.15, -0.1) is 11.3 Å². The number of fused-ring (bicyclic) bond motifs is 9. The predicted octanol–water partition coefficient (Wildman–Crippen LogP) is 13.4. The molecule has 4 heterocycles. The van der Waals surface area contributed by atoms with E-state index in [1.165, 1.54) is 31.3 Å². The van der Waals surface area contributed by atoms with Crippen LogP contribution in [-0.2, 0) is 0 Å². The molecule has 0 radical (unpaired) electrons. The summed E-state index contributed by atoms with van der Waals surface area (Å²) in [5.74, 6) is 1.75. The molecule has 0 amide bonds. The van der Waals surface area contributed by atoms with Crippen molar-refractivity contribution in [3.8, 4) is 45.5 Å². The van der Waals surface area contributed by atoms with E-state index in [1.807, 2.05) is 11.3 Å². The van der Waals surface area contributed by atoms with Crippen molar-refractivity contribution in [2.45, 2.75) is 0 Å². The fraction of sp³-hybridized carbons (Fsp3) is 0. The van der Waals surface area contributed by atoms with E-state index in [0.717, 1.165) is 60.3 Å². The zero-order valence-corrected chi connectivity index (χ0v) is 31.4. The van der Waals surface area contributed by atoms with Crippen molar-refractivity contribution >= 4 is 75.1 Å². The van der Waals surface area contributed by atoms with Crippen molar-refractivity contribution in [1.82, 2.24) is 24.1 Å². The van der Waals surface area contributed by atoms with Crippen molar-refractivity contribution < 1.29 is 0 Å². The van der Waals surface area contributed by atoms with Crippen LogP contribution in [-0.4, -0.2) is 24.1 Å². The van der Waals surface area contributed by atoms with Gasteiger partial charge in [0.25, 0.3) is 0 Å². The predicted molar refractivity (Wildman–Crippen MR) is 238 cm³/mol. The van der Waals surface area contributed by atoms with Crippen LogP contribution in [0.4, 0.5) is 0 Å². The summed E-state index contributed by atoms with van der Waals surface area (Å²) in [4.78, 5) is 15.7. The number of nitrogens with zero attached hydrogens (tertiary/aromatic N) is 5. The Labute approximate surface area is 331 Å². The maximum Gasteiger partial charge on any atom is 0.240 e. The molecule has 12 rings (SSSR count). The molecule has 0 atom stereocenters. The molecule has 0 aliphatic heterocycles.